The second-order valence-electron chi connectivity index (χ2n) is 5.86. The first-order chi connectivity index (χ1) is 9.11. The Labute approximate surface area is 110 Å². The van der Waals surface area contributed by atoms with Gasteiger partial charge in [-0.15, -0.1) is 0 Å². The first-order valence-electron chi connectivity index (χ1n) is 6.69. The number of hydrogen-bond acceptors (Lipinski definition) is 4. The molecule has 0 aromatic carbocycles. The minimum absolute atomic E-state index is 0.224. The van der Waals surface area contributed by atoms with Crippen LogP contribution in [0.25, 0.3) is 0 Å². The summed E-state index contributed by atoms with van der Waals surface area (Å²) in [7, 11) is 0. The molecule has 2 atom stereocenters. The highest BCUT2D eigenvalue weighted by Gasteiger charge is 2.50. The highest BCUT2D eigenvalue weighted by atomic mass is 16.2. The van der Waals surface area contributed by atoms with Gasteiger partial charge in [-0.25, -0.2) is 5.43 Å². The largest absolute Gasteiger partial charge is 0.368 e. The summed E-state index contributed by atoms with van der Waals surface area (Å²) < 4.78 is 0. The van der Waals surface area contributed by atoms with Crippen molar-refractivity contribution in [1.82, 2.24) is 16.2 Å². The van der Waals surface area contributed by atoms with Crippen LogP contribution in [0.3, 0.4) is 0 Å². The molecule has 0 spiro atoms. The summed E-state index contributed by atoms with van der Waals surface area (Å²) in [5, 5.41) is 2.81. The van der Waals surface area contributed by atoms with E-state index in [9.17, 15) is 9.59 Å². The molecule has 5 N–H and O–H groups in total. The lowest BCUT2D eigenvalue weighted by molar-refractivity contribution is -0.133. The lowest BCUT2D eigenvalue weighted by atomic mass is 9.76. The van der Waals surface area contributed by atoms with Crippen molar-refractivity contribution in [2.75, 3.05) is 0 Å². The van der Waals surface area contributed by atoms with Gasteiger partial charge in [0.15, 0.2) is 0 Å². The lowest BCUT2D eigenvalue weighted by Crippen LogP contribution is -2.62. The van der Waals surface area contributed by atoms with Gasteiger partial charge in [-0.3, -0.25) is 9.59 Å². The van der Waals surface area contributed by atoms with E-state index in [0.29, 0.717) is 24.5 Å². The molecule has 0 bridgehead atoms. The van der Waals surface area contributed by atoms with Crippen molar-refractivity contribution in [1.29, 1.82) is 0 Å². The number of primary amides is 1. The Morgan fingerprint density at radius 2 is 2.21 bits per heavy atom. The zero-order valence-corrected chi connectivity index (χ0v) is 10.5. The van der Waals surface area contributed by atoms with E-state index in [1.807, 2.05) is 0 Å². The number of nitrogens with one attached hydrogen (secondary N) is 3. The van der Waals surface area contributed by atoms with Crippen LogP contribution in [0.2, 0.25) is 0 Å². The first kappa shape index (κ1) is 11.0. The summed E-state index contributed by atoms with van der Waals surface area (Å²) in [5.74, 6) is -0.115. The molecule has 0 aromatic heterocycles. The molecule has 6 nitrogen and oxygen atoms in total. The maximum absolute atomic E-state index is 12.3. The fraction of sp³-hybridized carbons (Fsp3) is 0.538. The smallest absolute Gasteiger partial charge is 0.269 e. The van der Waals surface area contributed by atoms with Crippen LogP contribution in [-0.4, -0.2) is 23.4 Å². The Bertz CT molecular complexity index is 559. The van der Waals surface area contributed by atoms with Crippen molar-refractivity contribution in [2.24, 2.45) is 11.7 Å². The van der Waals surface area contributed by atoms with Gasteiger partial charge in [0, 0.05) is 11.5 Å². The Hall–Kier alpha value is -1.82. The van der Waals surface area contributed by atoms with E-state index in [4.69, 9.17) is 5.73 Å². The van der Waals surface area contributed by atoms with Crippen LogP contribution in [0.5, 0.6) is 0 Å². The van der Waals surface area contributed by atoms with Crippen LogP contribution in [-0.2, 0) is 9.59 Å². The number of carbonyl (C=O) groups excluding carboxylic acids is 2. The van der Waals surface area contributed by atoms with Crippen LogP contribution in [0.4, 0.5) is 0 Å². The first-order valence-corrected chi connectivity index (χ1v) is 6.69. The topological polar surface area (TPSA) is 96.2 Å². The molecule has 0 radical (unpaired) electrons. The van der Waals surface area contributed by atoms with Gasteiger partial charge in [-0.2, -0.15) is 0 Å². The van der Waals surface area contributed by atoms with E-state index < -0.39 is 11.4 Å². The van der Waals surface area contributed by atoms with E-state index in [0.717, 1.165) is 18.4 Å². The zero-order valence-electron chi connectivity index (χ0n) is 10.5. The SMILES string of the molecule is NC(=O)C1(NC(=O)C2=C3C=C4CC4C3NN2)CCC1. The number of amides is 2. The molecule has 0 saturated heterocycles. The van der Waals surface area contributed by atoms with Crippen molar-refractivity contribution in [3.8, 4) is 0 Å². The average Bonchev–Trinajstić information content (AvgIpc) is 2.81. The maximum Gasteiger partial charge on any atom is 0.269 e. The third-order valence-corrected chi connectivity index (χ3v) is 4.75. The number of hydrazine groups is 1. The van der Waals surface area contributed by atoms with E-state index in [-0.39, 0.29) is 11.9 Å². The third kappa shape index (κ3) is 1.40. The van der Waals surface area contributed by atoms with Gasteiger partial charge in [-0.1, -0.05) is 11.6 Å². The monoisotopic (exact) mass is 260 g/mol. The number of hydrogen-bond donors (Lipinski definition) is 4. The van der Waals surface area contributed by atoms with Gasteiger partial charge >= 0.3 is 0 Å². The van der Waals surface area contributed by atoms with Crippen LogP contribution < -0.4 is 21.9 Å². The summed E-state index contributed by atoms with van der Waals surface area (Å²) >= 11 is 0. The van der Waals surface area contributed by atoms with Gasteiger partial charge in [-0.05, 0) is 25.7 Å². The quantitative estimate of drug-likeness (QED) is 0.534. The van der Waals surface area contributed by atoms with Gasteiger partial charge in [0.1, 0.15) is 11.2 Å². The Morgan fingerprint density at radius 3 is 2.84 bits per heavy atom. The van der Waals surface area contributed by atoms with E-state index in [1.165, 1.54) is 5.57 Å². The van der Waals surface area contributed by atoms with E-state index in [1.54, 1.807) is 0 Å². The molecule has 0 aromatic rings. The Balaban J connectivity index is 1.57. The molecular formula is C13H16N4O2. The molecule has 6 heteroatoms. The molecule has 3 aliphatic carbocycles. The number of nitrogens with two attached hydrogens (primary N) is 1. The van der Waals surface area contributed by atoms with Gasteiger partial charge in [0.05, 0.1) is 6.04 Å². The van der Waals surface area contributed by atoms with Gasteiger partial charge in [0.2, 0.25) is 5.91 Å². The highest BCUT2D eigenvalue weighted by Crippen LogP contribution is 2.50. The summed E-state index contributed by atoms with van der Waals surface area (Å²) in [5.41, 5.74) is 13.6. The molecule has 100 valence electrons. The summed E-state index contributed by atoms with van der Waals surface area (Å²) in [4.78, 5) is 23.8. The molecule has 2 fully saturated rings. The van der Waals surface area contributed by atoms with Gasteiger partial charge < -0.3 is 16.5 Å². The van der Waals surface area contributed by atoms with Crippen molar-refractivity contribution < 1.29 is 9.59 Å². The van der Waals surface area contributed by atoms with Crippen LogP contribution in [0, 0.1) is 5.92 Å². The fourth-order valence-electron chi connectivity index (χ4n) is 3.26. The summed E-state index contributed by atoms with van der Waals surface area (Å²) in [6.07, 6.45) is 5.42. The van der Waals surface area contributed by atoms with Gasteiger partial charge in [0.25, 0.3) is 5.91 Å². The van der Waals surface area contributed by atoms with Crippen LogP contribution in [0.1, 0.15) is 25.7 Å². The number of rotatable bonds is 3. The zero-order chi connectivity index (χ0) is 13.2. The second-order valence-corrected chi connectivity index (χ2v) is 5.86. The average molecular weight is 260 g/mol. The van der Waals surface area contributed by atoms with Crippen molar-refractivity contribution >= 4 is 11.8 Å². The molecule has 19 heavy (non-hydrogen) atoms. The lowest BCUT2D eigenvalue weighted by Gasteiger charge is -2.39. The Kier molecular flexibility index (Phi) is 1.97. The summed E-state index contributed by atoms with van der Waals surface area (Å²) in [6.45, 7) is 0. The third-order valence-electron chi connectivity index (χ3n) is 4.75. The number of fused-ring (bicyclic) bond motifs is 3. The Morgan fingerprint density at radius 1 is 1.42 bits per heavy atom. The molecule has 1 aliphatic heterocycles. The predicted octanol–water partition coefficient (Wildman–Crippen LogP) is -0.799. The minimum Gasteiger partial charge on any atom is -0.368 e. The van der Waals surface area contributed by atoms with E-state index >= 15 is 0 Å². The molecule has 4 aliphatic rings. The standard InChI is InChI=1S/C13H16N4O2/c14-12(19)13(2-1-3-13)15-11(18)10-8-5-6-4-7(6)9(8)16-17-10/h5,7,9,16-17H,1-4H2,(H2,14,19)(H,15,18). The second kappa shape index (κ2) is 3.39. The van der Waals surface area contributed by atoms with Crippen molar-refractivity contribution in [2.45, 2.75) is 37.3 Å². The molecule has 2 unspecified atom stereocenters. The number of carbonyl (C=O) groups is 2. The van der Waals surface area contributed by atoms with E-state index in [2.05, 4.69) is 22.2 Å². The predicted molar refractivity (Wildman–Crippen MR) is 67.2 cm³/mol. The normalized spacial score (nSPS) is 32.7. The van der Waals surface area contributed by atoms with Crippen molar-refractivity contribution in [3.63, 3.8) is 0 Å². The van der Waals surface area contributed by atoms with Crippen LogP contribution in [0.15, 0.2) is 22.9 Å². The fourth-order valence-corrected chi connectivity index (χ4v) is 3.26. The van der Waals surface area contributed by atoms with Crippen LogP contribution >= 0.6 is 0 Å². The summed E-state index contributed by atoms with van der Waals surface area (Å²) in [6, 6.07) is 0.224. The molecule has 2 amide bonds. The maximum atomic E-state index is 12.3. The van der Waals surface area contributed by atoms with Crippen molar-refractivity contribution in [3.05, 3.63) is 22.9 Å². The molecule has 1 heterocycles. The molecule has 4 rings (SSSR count). The molecule has 2 saturated carbocycles. The minimum atomic E-state index is -0.834. The molecular weight excluding hydrogens is 244 g/mol. The highest BCUT2D eigenvalue weighted by molar-refractivity contribution is 6.00.